The van der Waals surface area contributed by atoms with E-state index in [1.54, 1.807) is 0 Å². The van der Waals surface area contributed by atoms with Gasteiger partial charge in [0.05, 0.1) is 5.41 Å². The van der Waals surface area contributed by atoms with E-state index in [1.807, 2.05) is 6.92 Å². The second-order valence-corrected chi connectivity index (χ2v) is 3.11. The van der Waals surface area contributed by atoms with Gasteiger partial charge in [-0.25, -0.2) is 0 Å². The fourth-order valence-electron chi connectivity index (χ4n) is 1.33. The number of hydrogen-bond donors (Lipinski definition) is 0. The highest BCUT2D eigenvalue weighted by Gasteiger charge is 2.32. The third kappa shape index (κ3) is 1.07. The molecule has 0 unspecified atom stereocenters. The number of Topliss-reactive ketones (excluding diaryl/α,β-unsaturated/α-hetero) is 1. The monoisotopic (exact) mass is 136 g/mol. The summed E-state index contributed by atoms with van der Waals surface area (Å²) in [5.74, 6) is 2.83. The van der Waals surface area contributed by atoms with Gasteiger partial charge in [-0.1, -0.05) is 12.3 Å². The highest BCUT2D eigenvalue weighted by molar-refractivity contribution is 5.87. The third-order valence-corrected chi connectivity index (χ3v) is 2.26. The van der Waals surface area contributed by atoms with E-state index in [1.165, 1.54) is 0 Å². The quantitative estimate of drug-likeness (QED) is 0.464. The van der Waals surface area contributed by atoms with Crippen molar-refractivity contribution in [2.24, 2.45) is 5.41 Å². The Kier molecular flexibility index (Phi) is 1.80. The number of terminal acetylenes is 1. The fraction of sp³-hybridized carbons (Fsp3) is 0.667. The van der Waals surface area contributed by atoms with Gasteiger partial charge < -0.3 is 0 Å². The Labute approximate surface area is 61.8 Å². The summed E-state index contributed by atoms with van der Waals surface area (Å²) in [5.41, 5.74) is -0.432. The zero-order chi connectivity index (χ0) is 7.61. The number of hydrogen-bond acceptors (Lipinski definition) is 1. The average Bonchev–Trinajstić information content (AvgIpc) is 1.96. The van der Waals surface area contributed by atoms with Gasteiger partial charge in [-0.15, -0.1) is 6.42 Å². The molecule has 0 bridgehead atoms. The third-order valence-electron chi connectivity index (χ3n) is 2.26. The lowest BCUT2D eigenvalue weighted by molar-refractivity contribution is -0.127. The standard InChI is InChI=1S/C9H12O/c1-3-9(2)7-5-4-6-8(9)10/h1H,4-7H2,2H3/t9-/m0/s1. The summed E-state index contributed by atoms with van der Waals surface area (Å²) in [7, 11) is 0. The van der Waals surface area contributed by atoms with Crippen LogP contribution >= 0.6 is 0 Å². The molecule has 0 aromatic rings. The van der Waals surface area contributed by atoms with Crippen molar-refractivity contribution >= 4 is 5.78 Å². The molecule has 1 atom stereocenters. The Hall–Kier alpha value is -0.770. The molecular formula is C9H12O. The molecule has 1 fully saturated rings. The van der Waals surface area contributed by atoms with Crippen LogP contribution in [-0.2, 0) is 4.79 Å². The molecule has 0 radical (unpaired) electrons. The van der Waals surface area contributed by atoms with E-state index >= 15 is 0 Å². The van der Waals surface area contributed by atoms with E-state index in [0.717, 1.165) is 19.3 Å². The maximum Gasteiger partial charge on any atom is 0.150 e. The molecule has 0 saturated heterocycles. The van der Waals surface area contributed by atoms with Crippen LogP contribution in [0.25, 0.3) is 0 Å². The Morgan fingerprint density at radius 1 is 1.60 bits per heavy atom. The van der Waals surface area contributed by atoms with Crippen LogP contribution in [0.15, 0.2) is 0 Å². The van der Waals surface area contributed by atoms with Crippen LogP contribution in [0.5, 0.6) is 0 Å². The normalized spacial score (nSPS) is 33.4. The summed E-state index contributed by atoms with van der Waals surface area (Å²) in [6.45, 7) is 1.87. The molecule has 0 N–H and O–H groups in total. The molecule has 1 saturated carbocycles. The maximum absolute atomic E-state index is 11.2. The van der Waals surface area contributed by atoms with Crippen molar-refractivity contribution in [3.05, 3.63) is 0 Å². The Balaban J connectivity index is 2.75. The zero-order valence-corrected chi connectivity index (χ0v) is 6.31. The summed E-state index contributed by atoms with van der Waals surface area (Å²) >= 11 is 0. The molecule has 10 heavy (non-hydrogen) atoms. The number of carbonyl (C=O) groups excluding carboxylic acids is 1. The average molecular weight is 136 g/mol. The number of ketones is 1. The lowest BCUT2D eigenvalue weighted by Crippen LogP contribution is -2.29. The van der Waals surface area contributed by atoms with E-state index in [9.17, 15) is 4.79 Å². The lowest BCUT2D eigenvalue weighted by Gasteiger charge is -2.25. The van der Waals surface area contributed by atoms with Gasteiger partial charge >= 0.3 is 0 Å². The van der Waals surface area contributed by atoms with E-state index in [2.05, 4.69) is 5.92 Å². The molecule has 0 aliphatic heterocycles. The smallest absolute Gasteiger partial charge is 0.150 e. The molecule has 1 aliphatic carbocycles. The summed E-state index contributed by atoms with van der Waals surface area (Å²) < 4.78 is 0. The first-order chi connectivity index (χ1) is 4.69. The Morgan fingerprint density at radius 3 is 2.70 bits per heavy atom. The number of carbonyl (C=O) groups is 1. The minimum atomic E-state index is -0.432. The molecular weight excluding hydrogens is 124 g/mol. The van der Waals surface area contributed by atoms with Crippen LogP contribution in [0.1, 0.15) is 32.6 Å². The van der Waals surface area contributed by atoms with Crippen molar-refractivity contribution in [3.63, 3.8) is 0 Å². The summed E-state index contributed by atoms with van der Waals surface area (Å²) in [5, 5.41) is 0. The maximum atomic E-state index is 11.2. The highest BCUT2D eigenvalue weighted by atomic mass is 16.1. The van der Waals surface area contributed by atoms with Crippen molar-refractivity contribution in [1.82, 2.24) is 0 Å². The van der Waals surface area contributed by atoms with Crippen molar-refractivity contribution in [2.45, 2.75) is 32.6 Å². The largest absolute Gasteiger partial charge is 0.298 e. The zero-order valence-electron chi connectivity index (χ0n) is 6.31. The summed E-state index contributed by atoms with van der Waals surface area (Å²) in [6.07, 6.45) is 8.94. The van der Waals surface area contributed by atoms with E-state index in [0.29, 0.717) is 6.42 Å². The van der Waals surface area contributed by atoms with E-state index in [4.69, 9.17) is 6.42 Å². The summed E-state index contributed by atoms with van der Waals surface area (Å²) in [6, 6.07) is 0. The molecule has 0 aromatic carbocycles. The predicted octanol–water partition coefficient (Wildman–Crippen LogP) is 1.77. The lowest BCUT2D eigenvalue weighted by atomic mass is 9.75. The first-order valence-corrected chi connectivity index (χ1v) is 3.70. The molecule has 0 amide bonds. The number of rotatable bonds is 0. The van der Waals surface area contributed by atoms with Gasteiger partial charge in [-0.05, 0) is 19.8 Å². The van der Waals surface area contributed by atoms with Crippen molar-refractivity contribution in [3.8, 4) is 12.3 Å². The van der Waals surface area contributed by atoms with Gasteiger partial charge in [0.1, 0.15) is 0 Å². The second kappa shape index (κ2) is 2.46. The first kappa shape index (κ1) is 7.34. The summed E-state index contributed by atoms with van der Waals surface area (Å²) in [4.78, 5) is 11.2. The van der Waals surface area contributed by atoms with Gasteiger partial charge in [-0.2, -0.15) is 0 Å². The Morgan fingerprint density at radius 2 is 2.30 bits per heavy atom. The van der Waals surface area contributed by atoms with Gasteiger partial charge in [0.25, 0.3) is 0 Å². The minimum absolute atomic E-state index is 0.251. The van der Waals surface area contributed by atoms with Gasteiger partial charge in [0.15, 0.2) is 5.78 Å². The van der Waals surface area contributed by atoms with Crippen molar-refractivity contribution in [1.29, 1.82) is 0 Å². The second-order valence-electron chi connectivity index (χ2n) is 3.11. The van der Waals surface area contributed by atoms with Gasteiger partial charge in [0, 0.05) is 6.42 Å². The van der Waals surface area contributed by atoms with Crippen LogP contribution in [0.4, 0.5) is 0 Å². The van der Waals surface area contributed by atoms with Crippen LogP contribution in [0.3, 0.4) is 0 Å². The van der Waals surface area contributed by atoms with E-state index < -0.39 is 5.41 Å². The molecule has 0 heterocycles. The molecule has 0 spiro atoms. The fourth-order valence-corrected chi connectivity index (χ4v) is 1.33. The van der Waals surface area contributed by atoms with Crippen LogP contribution in [-0.4, -0.2) is 5.78 Å². The SMILES string of the molecule is C#C[C@@]1(C)CCCCC1=O. The van der Waals surface area contributed by atoms with Gasteiger partial charge in [-0.3, -0.25) is 4.79 Å². The van der Waals surface area contributed by atoms with Gasteiger partial charge in [0.2, 0.25) is 0 Å². The topological polar surface area (TPSA) is 17.1 Å². The highest BCUT2D eigenvalue weighted by Crippen LogP contribution is 2.31. The van der Waals surface area contributed by atoms with E-state index in [-0.39, 0.29) is 5.78 Å². The Bertz CT molecular complexity index is 187. The van der Waals surface area contributed by atoms with Crippen molar-refractivity contribution < 1.29 is 4.79 Å². The van der Waals surface area contributed by atoms with Crippen LogP contribution in [0, 0.1) is 17.8 Å². The minimum Gasteiger partial charge on any atom is -0.298 e. The molecule has 54 valence electrons. The molecule has 1 heteroatoms. The van der Waals surface area contributed by atoms with Crippen LogP contribution in [0.2, 0.25) is 0 Å². The molecule has 0 aromatic heterocycles. The predicted molar refractivity (Wildman–Crippen MR) is 40.4 cm³/mol. The molecule has 1 nitrogen and oxygen atoms in total. The van der Waals surface area contributed by atoms with Crippen LogP contribution < -0.4 is 0 Å². The molecule has 1 rings (SSSR count). The van der Waals surface area contributed by atoms with Crippen molar-refractivity contribution in [2.75, 3.05) is 0 Å². The molecule has 1 aliphatic rings. The first-order valence-electron chi connectivity index (χ1n) is 3.70.